The van der Waals surface area contributed by atoms with Gasteiger partial charge < -0.3 is 10.6 Å². The van der Waals surface area contributed by atoms with Gasteiger partial charge >= 0.3 is 0 Å². The zero-order chi connectivity index (χ0) is 13.0. The minimum absolute atomic E-state index is 0.0904. The molecule has 0 fully saturated rings. The average molecular weight is 242 g/mol. The van der Waals surface area contributed by atoms with Crippen LogP contribution in [0.5, 0.6) is 0 Å². The molecule has 0 bridgehead atoms. The zero-order valence-corrected chi connectivity index (χ0v) is 10.1. The van der Waals surface area contributed by atoms with E-state index >= 15 is 0 Å². The van der Waals surface area contributed by atoms with Crippen molar-refractivity contribution in [2.45, 2.75) is 6.54 Å². The number of rotatable bonds is 3. The predicted molar refractivity (Wildman–Crippen MR) is 68.7 cm³/mol. The molecular formula is C13H14N4O. The molecule has 2 N–H and O–H groups in total. The van der Waals surface area contributed by atoms with Crippen molar-refractivity contribution in [3.63, 3.8) is 0 Å². The molecule has 0 spiro atoms. The highest BCUT2D eigenvalue weighted by Crippen LogP contribution is 2.10. The lowest BCUT2D eigenvalue weighted by molar-refractivity contribution is 0.0784. The lowest BCUT2D eigenvalue weighted by Crippen LogP contribution is -2.26. The molecule has 0 aliphatic rings. The lowest BCUT2D eigenvalue weighted by Gasteiger charge is -2.17. The van der Waals surface area contributed by atoms with Gasteiger partial charge in [-0.15, -0.1) is 0 Å². The van der Waals surface area contributed by atoms with Crippen LogP contribution in [0.15, 0.2) is 42.7 Å². The molecule has 0 saturated carbocycles. The number of nitrogens with two attached hydrogens (primary N) is 1. The third-order valence-corrected chi connectivity index (χ3v) is 2.55. The fourth-order valence-corrected chi connectivity index (χ4v) is 1.67. The number of hydrogen-bond donors (Lipinski definition) is 1. The predicted octanol–water partition coefficient (Wildman–Crippen LogP) is 1.33. The van der Waals surface area contributed by atoms with Gasteiger partial charge in [-0.25, -0.2) is 0 Å². The number of hydrogen-bond acceptors (Lipinski definition) is 4. The van der Waals surface area contributed by atoms with Crippen LogP contribution in [0.1, 0.15) is 15.9 Å². The van der Waals surface area contributed by atoms with Gasteiger partial charge in [0.05, 0.1) is 18.0 Å². The highest BCUT2D eigenvalue weighted by Gasteiger charge is 2.12. The molecule has 1 aromatic heterocycles. The van der Waals surface area contributed by atoms with E-state index in [-0.39, 0.29) is 5.91 Å². The summed E-state index contributed by atoms with van der Waals surface area (Å²) in [4.78, 5) is 13.7. The molecule has 0 unspecified atom stereocenters. The Kier molecular flexibility index (Phi) is 3.52. The third kappa shape index (κ3) is 2.82. The van der Waals surface area contributed by atoms with E-state index in [0.717, 1.165) is 5.56 Å². The first-order valence-corrected chi connectivity index (χ1v) is 5.53. The van der Waals surface area contributed by atoms with E-state index in [2.05, 4.69) is 10.2 Å². The summed E-state index contributed by atoms with van der Waals surface area (Å²) in [6.45, 7) is 0.506. The van der Waals surface area contributed by atoms with Gasteiger partial charge in [-0.05, 0) is 23.8 Å². The maximum atomic E-state index is 12.1. The Morgan fingerprint density at radius 3 is 2.83 bits per heavy atom. The van der Waals surface area contributed by atoms with Crippen LogP contribution in [-0.2, 0) is 6.54 Å². The summed E-state index contributed by atoms with van der Waals surface area (Å²) in [5.41, 5.74) is 7.91. The Morgan fingerprint density at radius 1 is 1.33 bits per heavy atom. The van der Waals surface area contributed by atoms with Crippen LogP contribution in [0.4, 0.5) is 5.69 Å². The molecule has 92 valence electrons. The van der Waals surface area contributed by atoms with Gasteiger partial charge in [-0.2, -0.15) is 10.2 Å². The number of amides is 1. The summed E-state index contributed by atoms with van der Waals surface area (Å²) in [5.74, 6) is -0.0904. The quantitative estimate of drug-likeness (QED) is 0.824. The van der Waals surface area contributed by atoms with Crippen LogP contribution in [0.2, 0.25) is 0 Å². The molecule has 1 aromatic carbocycles. The fourth-order valence-electron chi connectivity index (χ4n) is 1.67. The first-order chi connectivity index (χ1) is 8.66. The van der Waals surface area contributed by atoms with Crippen molar-refractivity contribution in [3.05, 3.63) is 53.9 Å². The summed E-state index contributed by atoms with van der Waals surface area (Å²) in [5, 5.41) is 7.34. The lowest BCUT2D eigenvalue weighted by atomic mass is 10.2. The topological polar surface area (TPSA) is 72.1 Å². The van der Waals surface area contributed by atoms with Crippen molar-refractivity contribution in [3.8, 4) is 0 Å². The number of nitrogens with zero attached hydrogens (tertiary/aromatic N) is 3. The minimum atomic E-state index is -0.0904. The molecule has 1 amide bonds. The van der Waals surface area contributed by atoms with Gasteiger partial charge in [-0.3, -0.25) is 4.79 Å². The SMILES string of the molecule is CN(Cc1cccc(N)c1)C(=O)c1ccnnc1. The van der Waals surface area contributed by atoms with Crippen LogP contribution in [-0.4, -0.2) is 28.1 Å². The second-order valence-electron chi connectivity index (χ2n) is 4.04. The normalized spacial score (nSPS) is 10.1. The van der Waals surface area contributed by atoms with E-state index in [1.165, 1.54) is 12.4 Å². The smallest absolute Gasteiger partial charge is 0.255 e. The average Bonchev–Trinajstić information content (AvgIpc) is 2.39. The van der Waals surface area contributed by atoms with E-state index in [1.807, 2.05) is 24.3 Å². The van der Waals surface area contributed by atoms with Gasteiger partial charge in [-0.1, -0.05) is 12.1 Å². The monoisotopic (exact) mass is 242 g/mol. The maximum absolute atomic E-state index is 12.1. The first kappa shape index (κ1) is 12.0. The van der Waals surface area contributed by atoms with E-state index < -0.39 is 0 Å². The highest BCUT2D eigenvalue weighted by molar-refractivity contribution is 5.93. The van der Waals surface area contributed by atoms with Crippen LogP contribution in [0.25, 0.3) is 0 Å². The van der Waals surface area contributed by atoms with Crippen LogP contribution in [0.3, 0.4) is 0 Å². The molecule has 0 atom stereocenters. The number of carbonyl (C=O) groups excluding carboxylic acids is 1. The fraction of sp³-hybridized carbons (Fsp3) is 0.154. The van der Waals surface area contributed by atoms with Gasteiger partial charge in [0.1, 0.15) is 0 Å². The molecule has 2 aromatic rings. The summed E-state index contributed by atoms with van der Waals surface area (Å²) in [6.07, 6.45) is 2.96. The van der Waals surface area contributed by atoms with Crippen LogP contribution >= 0.6 is 0 Å². The molecular weight excluding hydrogens is 228 g/mol. The number of aromatic nitrogens is 2. The second-order valence-corrected chi connectivity index (χ2v) is 4.04. The van der Waals surface area contributed by atoms with Gasteiger partial charge in [0.25, 0.3) is 5.91 Å². The van der Waals surface area contributed by atoms with Crippen molar-refractivity contribution >= 4 is 11.6 Å². The van der Waals surface area contributed by atoms with E-state index in [9.17, 15) is 4.79 Å². The zero-order valence-electron chi connectivity index (χ0n) is 10.1. The largest absolute Gasteiger partial charge is 0.399 e. The number of benzene rings is 1. The first-order valence-electron chi connectivity index (χ1n) is 5.53. The Labute approximate surface area is 105 Å². The second kappa shape index (κ2) is 5.27. The Morgan fingerprint density at radius 2 is 2.17 bits per heavy atom. The van der Waals surface area contributed by atoms with Crippen molar-refractivity contribution in [1.82, 2.24) is 15.1 Å². The highest BCUT2D eigenvalue weighted by atomic mass is 16.2. The molecule has 5 heteroatoms. The minimum Gasteiger partial charge on any atom is -0.399 e. The van der Waals surface area contributed by atoms with Crippen molar-refractivity contribution < 1.29 is 4.79 Å². The molecule has 5 nitrogen and oxygen atoms in total. The summed E-state index contributed by atoms with van der Waals surface area (Å²) in [6, 6.07) is 9.12. The van der Waals surface area contributed by atoms with Crippen molar-refractivity contribution in [2.24, 2.45) is 0 Å². The Balaban J connectivity index is 2.09. The van der Waals surface area contributed by atoms with Crippen molar-refractivity contribution in [1.29, 1.82) is 0 Å². The van der Waals surface area contributed by atoms with E-state index in [1.54, 1.807) is 18.0 Å². The van der Waals surface area contributed by atoms with Crippen LogP contribution in [0, 0.1) is 0 Å². The van der Waals surface area contributed by atoms with Crippen molar-refractivity contribution in [2.75, 3.05) is 12.8 Å². The summed E-state index contributed by atoms with van der Waals surface area (Å²) < 4.78 is 0. The van der Waals surface area contributed by atoms with Gasteiger partial charge in [0.2, 0.25) is 0 Å². The number of nitrogen functional groups attached to an aromatic ring is 1. The standard InChI is InChI=1S/C13H14N4O/c1-17(9-10-3-2-4-12(14)7-10)13(18)11-5-6-15-16-8-11/h2-8H,9,14H2,1H3. The third-order valence-electron chi connectivity index (χ3n) is 2.55. The van der Waals surface area contributed by atoms with Gasteiger partial charge in [0.15, 0.2) is 0 Å². The molecule has 1 heterocycles. The summed E-state index contributed by atoms with van der Waals surface area (Å²) in [7, 11) is 1.74. The van der Waals surface area contributed by atoms with E-state index in [0.29, 0.717) is 17.8 Å². The molecule has 18 heavy (non-hydrogen) atoms. The van der Waals surface area contributed by atoms with E-state index in [4.69, 9.17) is 5.73 Å². The number of anilines is 1. The van der Waals surface area contributed by atoms with Gasteiger partial charge in [0, 0.05) is 19.3 Å². The maximum Gasteiger partial charge on any atom is 0.255 e. The van der Waals surface area contributed by atoms with Crippen LogP contribution < -0.4 is 5.73 Å². The molecule has 0 saturated heterocycles. The Bertz CT molecular complexity index is 542. The number of carbonyl (C=O) groups is 1. The Hall–Kier alpha value is -2.43. The molecule has 0 aliphatic carbocycles. The summed E-state index contributed by atoms with van der Waals surface area (Å²) >= 11 is 0. The molecule has 0 aliphatic heterocycles. The molecule has 2 rings (SSSR count). The molecule has 0 radical (unpaired) electrons.